The van der Waals surface area contributed by atoms with E-state index in [1.807, 2.05) is 6.92 Å². The molecule has 0 bridgehead atoms. The van der Waals surface area contributed by atoms with Crippen LogP contribution in [0.1, 0.15) is 11.5 Å². The predicted octanol–water partition coefficient (Wildman–Crippen LogP) is 2.55. The van der Waals surface area contributed by atoms with Gasteiger partial charge in [-0.2, -0.15) is 0 Å². The molecule has 0 aliphatic carbocycles. The molecule has 0 aromatic carbocycles. The highest BCUT2D eigenvalue weighted by Crippen LogP contribution is 2.31. The lowest BCUT2D eigenvalue weighted by Crippen LogP contribution is -2.02. The Morgan fingerprint density at radius 1 is 0.957 bits per heavy atom. The number of aromatic nitrogens is 5. The fourth-order valence-corrected chi connectivity index (χ4v) is 2.31. The molecule has 116 valence electrons. The molecular weight excluding hydrogens is 316 g/mol. The number of aromatic hydroxyl groups is 1. The number of nitrogen functional groups attached to an aromatic ring is 1. The molecule has 3 heterocycles. The van der Waals surface area contributed by atoms with Crippen molar-refractivity contribution in [2.24, 2.45) is 0 Å². The highest BCUT2D eigenvalue weighted by Gasteiger charge is 2.16. The molecule has 23 heavy (non-hydrogen) atoms. The van der Waals surface area contributed by atoms with E-state index in [-0.39, 0.29) is 16.6 Å². The maximum atomic E-state index is 9.52. The number of pyridine rings is 1. The van der Waals surface area contributed by atoms with Crippen molar-refractivity contribution in [2.75, 3.05) is 5.73 Å². The number of hydrogen-bond donors (Lipinski definition) is 2. The first-order chi connectivity index (χ1) is 10.9. The maximum absolute atomic E-state index is 9.52. The second kappa shape index (κ2) is 5.77. The number of hydrogen-bond acceptors (Lipinski definition) is 7. The average Bonchev–Trinajstić information content (AvgIpc) is 2.49. The number of nitrogens with two attached hydrogens (primary N) is 1. The average molecular weight is 329 g/mol. The third-order valence-electron chi connectivity index (χ3n) is 3.08. The summed E-state index contributed by atoms with van der Waals surface area (Å²) in [5.74, 6) is 0.781. The Morgan fingerprint density at radius 3 is 2.43 bits per heavy atom. The Bertz CT molecular complexity index is 879. The van der Waals surface area contributed by atoms with Gasteiger partial charge < -0.3 is 10.8 Å². The van der Waals surface area contributed by atoms with Crippen LogP contribution in [-0.4, -0.2) is 30.0 Å². The quantitative estimate of drug-likeness (QED) is 0.743. The van der Waals surface area contributed by atoms with Crippen molar-refractivity contribution in [3.05, 3.63) is 41.1 Å². The summed E-state index contributed by atoms with van der Waals surface area (Å²) in [5.41, 5.74) is 8.58. The highest BCUT2D eigenvalue weighted by molar-refractivity contribution is 6.32. The molecule has 0 radical (unpaired) electrons. The Kier molecular flexibility index (Phi) is 3.79. The molecule has 3 rings (SSSR count). The fourth-order valence-electron chi connectivity index (χ4n) is 2.16. The van der Waals surface area contributed by atoms with E-state index >= 15 is 0 Å². The van der Waals surface area contributed by atoms with Crippen molar-refractivity contribution in [3.63, 3.8) is 0 Å². The van der Waals surface area contributed by atoms with E-state index < -0.39 is 0 Å². The molecule has 0 amide bonds. The van der Waals surface area contributed by atoms with Crippen molar-refractivity contribution in [2.45, 2.75) is 13.8 Å². The molecule has 0 saturated heterocycles. The van der Waals surface area contributed by atoms with E-state index in [2.05, 4.69) is 24.9 Å². The number of anilines is 1. The third-order valence-corrected chi connectivity index (χ3v) is 3.38. The lowest BCUT2D eigenvalue weighted by Gasteiger charge is -2.09. The van der Waals surface area contributed by atoms with Gasteiger partial charge in [-0.3, -0.25) is 4.98 Å². The van der Waals surface area contributed by atoms with Gasteiger partial charge in [0, 0.05) is 5.69 Å². The van der Waals surface area contributed by atoms with Gasteiger partial charge in [-0.05, 0) is 26.0 Å². The van der Waals surface area contributed by atoms with Crippen LogP contribution in [0.2, 0.25) is 5.02 Å². The fraction of sp³-hybridized carbons (Fsp3) is 0.133. The van der Waals surface area contributed by atoms with Crippen LogP contribution in [0.25, 0.3) is 22.8 Å². The summed E-state index contributed by atoms with van der Waals surface area (Å²) in [6.45, 7) is 3.67. The minimum atomic E-state index is -0.103. The van der Waals surface area contributed by atoms with E-state index in [4.69, 9.17) is 17.3 Å². The maximum Gasteiger partial charge on any atom is 0.152 e. The first-order valence-corrected chi connectivity index (χ1v) is 7.12. The summed E-state index contributed by atoms with van der Waals surface area (Å²) in [6.07, 6.45) is 2.69. The van der Waals surface area contributed by atoms with E-state index in [0.29, 0.717) is 28.6 Å². The molecule has 0 unspecified atom stereocenters. The van der Waals surface area contributed by atoms with Gasteiger partial charge in [0.1, 0.15) is 23.0 Å². The van der Waals surface area contributed by atoms with E-state index in [1.165, 1.54) is 18.5 Å². The molecule has 8 heteroatoms. The second-order valence-electron chi connectivity index (χ2n) is 4.95. The van der Waals surface area contributed by atoms with Gasteiger partial charge in [-0.15, -0.1) is 0 Å². The van der Waals surface area contributed by atoms with Gasteiger partial charge >= 0.3 is 0 Å². The van der Waals surface area contributed by atoms with Gasteiger partial charge in [0.25, 0.3) is 0 Å². The Hall–Kier alpha value is -2.80. The second-order valence-corrected chi connectivity index (χ2v) is 5.36. The standard InChI is InChI=1S/C15H13ClN6O/c1-7-3-11(21-8(2)20-7)15-14(19-6-13(17)22-15)10-4-9(16)12(23)5-18-10/h3-6,23H,1-2H3,(H2,17,22). The summed E-state index contributed by atoms with van der Waals surface area (Å²) in [4.78, 5) is 21.4. The van der Waals surface area contributed by atoms with Gasteiger partial charge in [0.2, 0.25) is 0 Å². The van der Waals surface area contributed by atoms with Crippen LogP contribution in [0.3, 0.4) is 0 Å². The Morgan fingerprint density at radius 2 is 1.74 bits per heavy atom. The zero-order valence-corrected chi connectivity index (χ0v) is 13.2. The molecule has 3 aromatic rings. The topological polar surface area (TPSA) is 111 Å². The molecule has 0 saturated carbocycles. The monoisotopic (exact) mass is 328 g/mol. The minimum Gasteiger partial charge on any atom is -0.505 e. The molecule has 0 fully saturated rings. The van der Waals surface area contributed by atoms with Crippen molar-refractivity contribution in [1.82, 2.24) is 24.9 Å². The number of halogens is 1. The van der Waals surface area contributed by atoms with Crippen molar-refractivity contribution >= 4 is 17.4 Å². The van der Waals surface area contributed by atoms with Gasteiger partial charge in [-0.25, -0.2) is 19.9 Å². The number of nitrogens with zero attached hydrogens (tertiary/aromatic N) is 5. The predicted molar refractivity (Wildman–Crippen MR) is 86.9 cm³/mol. The lowest BCUT2D eigenvalue weighted by atomic mass is 10.1. The number of rotatable bonds is 2. The molecule has 0 spiro atoms. The summed E-state index contributed by atoms with van der Waals surface area (Å²) in [7, 11) is 0. The lowest BCUT2D eigenvalue weighted by molar-refractivity contribution is 0.473. The SMILES string of the molecule is Cc1cc(-c2nc(N)cnc2-c2cc(Cl)c(O)cn2)nc(C)n1. The van der Waals surface area contributed by atoms with Crippen molar-refractivity contribution < 1.29 is 5.11 Å². The molecular formula is C15H13ClN6O. The zero-order chi connectivity index (χ0) is 16.6. The van der Waals surface area contributed by atoms with Crippen LogP contribution in [-0.2, 0) is 0 Å². The van der Waals surface area contributed by atoms with Crippen LogP contribution < -0.4 is 5.73 Å². The largest absolute Gasteiger partial charge is 0.505 e. The van der Waals surface area contributed by atoms with Crippen LogP contribution in [0, 0.1) is 13.8 Å². The van der Waals surface area contributed by atoms with Gasteiger partial charge in [-0.1, -0.05) is 11.6 Å². The normalized spacial score (nSPS) is 10.7. The minimum absolute atomic E-state index is 0.103. The summed E-state index contributed by atoms with van der Waals surface area (Å²) in [5, 5.41) is 9.70. The smallest absolute Gasteiger partial charge is 0.152 e. The summed E-state index contributed by atoms with van der Waals surface area (Å²) >= 11 is 5.96. The zero-order valence-electron chi connectivity index (χ0n) is 12.4. The van der Waals surface area contributed by atoms with Gasteiger partial charge in [0.05, 0.1) is 28.8 Å². The Balaban J connectivity index is 2.24. The molecule has 0 aliphatic heterocycles. The first kappa shape index (κ1) is 15.1. The summed E-state index contributed by atoms with van der Waals surface area (Å²) < 4.78 is 0. The Labute approximate surface area is 137 Å². The van der Waals surface area contributed by atoms with Crippen LogP contribution in [0.5, 0.6) is 5.75 Å². The summed E-state index contributed by atoms with van der Waals surface area (Å²) in [6, 6.07) is 3.31. The third kappa shape index (κ3) is 3.04. The van der Waals surface area contributed by atoms with Gasteiger partial charge in [0.15, 0.2) is 5.75 Å². The van der Waals surface area contributed by atoms with E-state index in [0.717, 1.165) is 5.69 Å². The van der Waals surface area contributed by atoms with E-state index in [9.17, 15) is 5.11 Å². The highest BCUT2D eigenvalue weighted by atomic mass is 35.5. The van der Waals surface area contributed by atoms with Crippen LogP contribution >= 0.6 is 11.6 Å². The van der Waals surface area contributed by atoms with Crippen molar-refractivity contribution in [3.8, 4) is 28.5 Å². The number of aryl methyl sites for hydroxylation is 2. The molecule has 0 atom stereocenters. The van der Waals surface area contributed by atoms with E-state index in [1.54, 1.807) is 13.0 Å². The molecule has 0 aliphatic rings. The van der Waals surface area contributed by atoms with Crippen LogP contribution in [0.15, 0.2) is 24.5 Å². The molecule has 3 N–H and O–H groups in total. The van der Waals surface area contributed by atoms with Crippen molar-refractivity contribution in [1.29, 1.82) is 0 Å². The molecule has 3 aromatic heterocycles. The first-order valence-electron chi connectivity index (χ1n) is 6.74. The van der Waals surface area contributed by atoms with Crippen LogP contribution in [0.4, 0.5) is 5.82 Å². The molecule has 7 nitrogen and oxygen atoms in total.